The normalized spacial score (nSPS) is 36.6. The van der Waals surface area contributed by atoms with Gasteiger partial charge in [0.25, 0.3) is 0 Å². The minimum atomic E-state index is 0.186. The van der Waals surface area contributed by atoms with Crippen molar-refractivity contribution in [2.45, 2.75) is 20.3 Å². The number of fused-ring (bicyclic) bond motifs is 1. The van der Waals surface area contributed by atoms with Crippen molar-refractivity contribution >= 4 is 5.71 Å². The fourth-order valence-corrected chi connectivity index (χ4v) is 2.10. The number of hydrogen-bond donors (Lipinski definition) is 0. The van der Waals surface area contributed by atoms with E-state index in [0.29, 0.717) is 5.92 Å². The van der Waals surface area contributed by atoms with E-state index in [4.69, 9.17) is 0 Å². The summed E-state index contributed by atoms with van der Waals surface area (Å²) in [4.78, 5) is 4.46. The van der Waals surface area contributed by atoms with E-state index in [1.165, 1.54) is 17.7 Å². The molecule has 68 valence electrons. The summed E-state index contributed by atoms with van der Waals surface area (Å²) in [6.45, 7) is 8.11. The Morgan fingerprint density at radius 3 is 3.15 bits per heavy atom. The van der Waals surface area contributed by atoms with E-state index in [1.807, 2.05) is 6.20 Å². The predicted octanol–water partition coefficient (Wildman–Crippen LogP) is 3.11. The molecule has 0 amide bonds. The molecular formula is C12H15N. The lowest BCUT2D eigenvalue weighted by Gasteiger charge is -2.17. The van der Waals surface area contributed by atoms with Crippen molar-refractivity contribution in [1.29, 1.82) is 0 Å². The average molecular weight is 173 g/mol. The summed E-state index contributed by atoms with van der Waals surface area (Å²) in [7, 11) is 0. The van der Waals surface area contributed by atoms with Crippen molar-refractivity contribution in [3.05, 3.63) is 36.6 Å². The van der Waals surface area contributed by atoms with Crippen LogP contribution in [-0.4, -0.2) is 5.71 Å². The first-order chi connectivity index (χ1) is 6.24. The molecule has 2 unspecified atom stereocenters. The Labute approximate surface area is 79.6 Å². The van der Waals surface area contributed by atoms with Crippen LogP contribution in [-0.2, 0) is 0 Å². The van der Waals surface area contributed by atoms with Gasteiger partial charge in [-0.2, -0.15) is 0 Å². The second-order valence-corrected chi connectivity index (χ2v) is 3.85. The third kappa shape index (κ3) is 1.03. The summed E-state index contributed by atoms with van der Waals surface area (Å²) in [5.74, 6) is 0.660. The van der Waals surface area contributed by atoms with Crippen LogP contribution in [0.3, 0.4) is 0 Å². The van der Waals surface area contributed by atoms with Gasteiger partial charge < -0.3 is 0 Å². The summed E-state index contributed by atoms with van der Waals surface area (Å²) < 4.78 is 0. The highest BCUT2D eigenvalue weighted by atomic mass is 14.8. The van der Waals surface area contributed by atoms with Crippen molar-refractivity contribution in [1.82, 2.24) is 0 Å². The molecule has 1 fully saturated rings. The molecule has 0 spiro atoms. The molecule has 1 saturated carbocycles. The monoisotopic (exact) mass is 173 g/mol. The average Bonchev–Trinajstić information content (AvgIpc) is 2.90. The topological polar surface area (TPSA) is 12.4 Å². The van der Waals surface area contributed by atoms with Gasteiger partial charge in [-0.15, -0.1) is 6.58 Å². The van der Waals surface area contributed by atoms with E-state index in [-0.39, 0.29) is 5.41 Å². The molecule has 0 bridgehead atoms. The van der Waals surface area contributed by atoms with Gasteiger partial charge >= 0.3 is 0 Å². The standard InChI is InChI=1S/C12H15N/c1-4-9(3)11-12(5-2)8-10(12)6-7-13-11/h4-7,10H,2,8H2,1,3H3/b9-4-. The first-order valence-electron chi connectivity index (χ1n) is 4.76. The van der Waals surface area contributed by atoms with Gasteiger partial charge in [0, 0.05) is 11.6 Å². The van der Waals surface area contributed by atoms with Crippen molar-refractivity contribution in [3.8, 4) is 0 Å². The molecule has 0 radical (unpaired) electrons. The minimum absolute atomic E-state index is 0.186. The van der Waals surface area contributed by atoms with Crippen molar-refractivity contribution in [2.24, 2.45) is 16.3 Å². The molecule has 1 aliphatic carbocycles. The van der Waals surface area contributed by atoms with Crippen LogP contribution in [0.1, 0.15) is 20.3 Å². The van der Waals surface area contributed by atoms with Gasteiger partial charge in [-0.05, 0) is 31.8 Å². The molecule has 2 aliphatic rings. The van der Waals surface area contributed by atoms with Gasteiger partial charge in [-0.25, -0.2) is 0 Å². The van der Waals surface area contributed by atoms with Crippen LogP contribution < -0.4 is 0 Å². The lowest BCUT2D eigenvalue weighted by Crippen LogP contribution is -2.18. The SMILES string of the molecule is C=CC12CC1C=CN=C2/C(C)=C\C. The van der Waals surface area contributed by atoms with E-state index in [9.17, 15) is 0 Å². The third-order valence-corrected chi connectivity index (χ3v) is 3.19. The summed E-state index contributed by atoms with van der Waals surface area (Å²) in [6, 6.07) is 0. The Morgan fingerprint density at radius 2 is 2.54 bits per heavy atom. The summed E-state index contributed by atoms with van der Waals surface area (Å²) in [5.41, 5.74) is 2.69. The molecule has 0 aromatic rings. The van der Waals surface area contributed by atoms with Gasteiger partial charge in [0.1, 0.15) is 0 Å². The summed E-state index contributed by atoms with van der Waals surface area (Å²) in [6.07, 6.45) is 9.50. The summed E-state index contributed by atoms with van der Waals surface area (Å²) in [5, 5.41) is 0. The van der Waals surface area contributed by atoms with Crippen LogP contribution in [0.25, 0.3) is 0 Å². The fourth-order valence-electron chi connectivity index (χ4n) is 2.10. The van der Waals surface area contributed by atoms with Crippen molar-refractivity contribution in [2.75, 3.05) is 0 Å². The van der Waals surface area contributed by atoms with Crippen molar-refractivity contribution in [3.63, 3.8) is 0 Å². The Bertz CT molecular complexity index is 333. The largest absolute Gasteiger partial charge is 0.260 e. The molecule has 1 heterocycles. The lowest BCUT2D eigenvalue weighted by molar-refractivity contribution is 0.828. The van der Waals surface area contributed by atoms with E-state index in [1.54, 1.807) is 0 Å². The van der Waals surface area contributed by atoms with Crippen LogP contribution in [0, 0.1) is 11.3 Å². The Kier molecular flexibility index (Phi) is 1.76. The number of rotatable bonds is 2. The molecule has 1 aliphatic heterocycles. The first-order valence-corrected chi connectivity index (χ1v) is 4.76. The van der Waals surface area contributed by atoms with Crippen molar-refractivity contribution < 1.29 is 0 Å². The van der Waals surface area contributed by atoms with Crippen LogP contribution in [0.15, 0.2) is 41.6 Å². The second-order valence-electron chi connectivity index (χ2n) is 3.85. The van der Waals surface area contributed by atoms with Crippen LogP contribution in [0.2, 0.25) is 0 Å². The number of aliphatic imine (C=N–C) groups is 1. The number of hydrogen-bond acceptors (Lipinski definition) is 1. The molecule has 2 atom stereocenters. The maximum Gasteiger partial charge on any atom is 0.0534 e. The van der Waals surface area contributed by atoms with Gasteiger partial charge in [0.05, 0.1) is 5.71 Å². The second kappa shape index (κ2) is 2.69. The molecular weight excluding hydrogens is 158 g/mol. The molecule has 2 rings (SSSR count). The van der Waals surface area contributed by atoms with Gasteiger partial charge in [-0.3, -0.25) is 4.99 Å². The van der Waals surface area contributed by atoms with E-state index in [0.717, 1.165) is 0 Å². The highest BCUT2D eigenvalue weighted by Gasteiger charge is 2.55. The van der Waals surface area contributed by atoms with E-state index < -0.39 is 0 Å². The maximum atomic E-state index is 4.46. The Hall–Kier alpha value is -1.11. The Morgan fingerprint density at radius 1 is 1.77 bits per heavy atom. The zero-order valence-corrected chi connectivity index (χ0v) is 8.25. The van der Waals surface area contributed by atoms with Crippen LogP contribution >= 0.6 is 0 Å². The van der Waals surface area contributed by atoms with Crippen LogP contribution in [0.4, 0.5) is 0 Å². The first kappa shape index (κ1) is 8.49. The van der Waals surface area contributed by atoms with Gasteiger partial charge in [0.2, 0.25) is 0 Å². The highest BCUT2D eigenvalue weighted by Crippen LogP contribution is 2.58. The maximum absolute atomic E-state index is 4.46. The predicted molar refractivity (Wildman–Crippen MR) is 56.7 cm³/mol. The van der Waals surface area contributed by atoms with E-state index >= 15 is 0 Å². The molecule has 0 aromatic carbocycles. The molecule has 0 N–H and O–H groups in total. The number of allylic oxidation sites excluding steroid dienone is 4. The molecule has 1 nitrogen and oxygen atoms in total. The lowest BCUT2D eigenvalue weighted by atomic mass is 9.90. The third-order valence-electron chi connectivity index (χ3n) is 3.19. The smallest absolute Gasteiger partial charge is 0.0534 e. The molecule has 1 heteroatoms. The highest BCUT2D eigenvalue weighted by molar-refractivity contribution is 6.08. The number of nitrogens with zero attached hydrogens (tertiary/aromatic N) is 1. The minimum Gasteiger partial charge on any atom is -0.260 e. The quantitative estimate of drug-likeness (QED) is 0.569. The van der Waals surface area contributed by atoms with E-state index in [2.05, 4.69) is 43.6 Å². The Balaban J connectivity index is 2.41. The molecule has 0 aromatic heterocycles. The zero-order valence-electron chi connectivity index (χ0n) is 8.25. The van der Waals surface area contributed by atoms with Crippen LogP contribution in [0.5, 0.6) is 0 Å². The molecule has 13 heavy (non-hydrogen) atoms. The van der Waals surface area contributed by atoms with Gasteiger partial charge in [0.15, 0.2) is 0 Å². The zero-order chi connectivity index (χ0) is 9.47. The fraction of sp³-hybridized carbons (Fsp3) is 0.417. The van der Waals surface area contributed by atoms with Gasteiger partial charge in [-0.1, -0.05) is 18.2 Å². The summed E-state index contributed by atoms with van der Waals surface area (Å²) >= 11 is 0. The molecule has 0 saturated heterocycles.